The fraction of sp³-hybridized carbons (Fsp3) is 0.786. The van der Waals surface area contributed by atoms with Crippen LogP contribution in [0.4, 0.5) is 0 Å². The van der Waals surface area contributed by atoms with E-state index in [1.807, 2.05) is 0 Å². The topological polar surface area (TPSA) is 68.0 Å². The third-order valence-electron chi connectivity index (χ3n) is 4.24. The van der Waals surface area contributed by atoms with Gasteiger partial charge in [-0.15, -0.1) is 10.2 Å². The van der Waals surface area contributed by atoms with Crippen LogP contribution in [0.2, 0.25) is 0 Å². The minimum atomic E-state index is -0.815. The van der Waals surface area contributed by atoms with E-state index in [0.717, 1.165) is 23.9 Å². The van der Waals surface area contributed by atoms with Crippen molar-refractivity contribution < 1.29 is 9.90 Å². The van der Waals surface area contributed by atoms with E-state index in [2.05, 4.69) is 35.5 Å². The van der Waals surface area contributed by atoms with Gasteiger partial charge in [0.25, 0.3) is 0 Å². The summed E-state index contributed by atoms with van der Waals surface area (Å²) in [6, 6.07) is 0. The van der Waals surface area contributed by atoms with E-state index in [-0.39, 0.29) is 5.75 Å². The van der Waals surface area contributed by atoms with Crippen molar-refractivity contribution in [3.05, 3.63) is 5.82 Å². The predicted octanol–water partition coefficient (Wildman–Crippen LogP) is 3.16. The van der Waals surface area contributed by atoms with Crippen molar-refractivity contribution in [3.63, 3.8) is 0 Å². The Morgan fingerprint density at radius 1 is 1.45 bits per heavy atom. The van der Waals surface area contributed by atoms with E-state index in [9.17, 15) is 4.79 Å². The second-order valence-corrected chi connectivity index (χ2v) is 6.91. The van der Waals surface area contributed by atoms with Crippen molar-refractivity contribution in [2.45, 2.75) is 64.1 Å². The maximum Gasteiger partial charge on any atom is 0.313 e. The summed E-state index contributed by atoms with van der Waals surface area (Å²) in [6.07, 6.45) is 4.96. The molecule has 20 heavy (non-hydrogen) atoms. The number of carbonyl (C=O) groups is 1. The molecule has 5 nitrogen and oxygen atoms in total. The van der Waals surface area contributed by atoms with Crippen molar-refractivity contribution in [2.75, 3.05) is 5.75 Å². The fourth-order valence-electron chi connectivity index (χ4n) is 2.74. The number of aromatic nitrogens is 3. The molecular formula is C14H23N3O2S. The van der Waals surface area contributed by atoms with Crippen LogP contribution in [-0.4, -0.2) is 31.6 Å². The lowest BCUT2D eigenvalue weighted by molar-refractivity contribution is -0.133. The molecule has 1 saturated carbocycles. The maximum absolute atomic E-state index is 10.8. The van der Waals surface area contributed by atoms with Gasteiger partial charge in [-0.3, -0.25) is 4.79 Å². The Balaban J connectivity index is 2.22. The lowest BCUT2D eigenvalue weighted by Gasteiger charge is -2.42. The fourth-order valence-corrected chi connectivity index (χ4v) is 3.41. The van der Waals surface area contributed by atoms with Gasteiger partial charge in [0.2, 0.25) is 0 Å². The molecule has 0 spiro atoms. The molecule has 0 bridgehead atoms. The Hall–Kier alpha value is -1.04. The van der Waals surface area contributed by atoms with Gasteiger partial charge in [-0.2, -0.15) is 0 Å². The highest BCUT2D eigenvalue weighted by atomic mass is 32.2. The molecule has 0 aliphatic heterocycles. The lowest BCUT2D eigenvalue weighted by atomic mass is 9.67. The molecule has 1 N–H and O–H groups in total. The van der Waals surface area contributed by atoms with Gasteiger partial charge >= 0.3 is 5.97 Å². The minimum Gasteiger partial charge on any atom is -0.481 e. The smallest absolute Gasteiger partial charge is 0.313 e. The lowest BCUT2D eigenvalue weighted by Crippen LogP contribution is -2.34. The Bertz CT molecular complexity index is 475. The van der Waals surface area contributed by atoms with E-state index in [1.165, 1.54) is 31.0 Å². The van der Waals surface area contributed by atoms with Crippen LogP contribution in [0.1, 0.15) is 58.2 Å². The van der Waals surface area contributed by atoms with Gasteiger partial charge in [0.15, 0.2) is 5.16 Å². The van der Waals surface area contributed by atoms with Gasteiger partial charge in [0, 0.05) is 12.5 Å². The Morgan fingerprint density at radius 3 is 2.60 bits per heavy atom. The van der Waals surface area contributed by atoms with Gasteiger partial charge in [-0.25, -0.2) is 0 Å². The number of carboxylic acids is 1. The molecule has 1 aliphatic carbocycles. The van der Waals surface area contributed by atoms with Crippen LogP contribution in [0.25, 0.3) is 0 Å². The van der Waals surface area contributed by atoms with Crippen LogP contribution in [-0.2, 0) is 11.3 Å². The van der Waals surface area contributed by atoms with Crippen LogP contribution in [0.3, 0.4) is 0 Å². The van der Waals surface area contributed by atoms with Crippen LogP contribution in [0.15, 0.2) is 5.16 Å². The van der Waals surface area contributed by atoms with Crippen molar-refractivity contribution >= 4 is 17.7 Å². The SMILES string of the molecule is CCC1(Cn2c(SCC(=O)O)nnc2C(C)C)CCC1. The molecule has 0 unspecified atom stereocenters. The number of aliphatic carboxylic acids is 1. The van der Waals surface area contributed by atoms with Crippen LogP contribution in [0, 0.1) is 5.41 Å². The average Bonchev–Trinajstić information content (AvgIpc) is 2.74. The number of rotatable bonds is 7. The summed E-state index contributed by atoms with van der Waals surface area (Å²) in [5.74, 6) is 0.493. The Morgan fingerprint density at radius 2 is 2.15 bits per heavy atom. The molecule has 112 valence electrons. The first kappa shape index (κ1) is 15.4. The third kappa shape index (κ3) is 3.16. The minimum absolute atomic E-state index is 0.0371. The molecule has 0 aromatic carbocycles. The van der Waals surface area contributed by atoms with Gasteiger partial charge in [-0.05, 0) is 24.7 Å². The Labute approximate surface area is 124 Å². The van der Waals surface area contributed by atoms with E-state index < -0.39 is 5.97 Å². The quantitative estimate of drug-likeness (QED) is 0.783. The van der Waals surface area contributed by atoms with E-state index in [1.54, 1.807) is 0 Å². The molecule has 1 aliphatic rings. The maximum atomic E-state index is 10.8. The van der Waals surface area contributed by atoms with Crippen LogP contribution in [0.5, 0.6) is 0 Å². The zero-order chi connectivity index (χ0) is 14.8. The van der Waals surface area contributed by atoms with E-state index in [0.29, 0.717) is 11.3 Å². The first-order valence-electron chi connectivity index (χ1n) is 7.25. The third-order valence-corrected chi connectivity index (χ3v) is 5.20. The van der Waals surface area contributed by atoms with Crippen molar-refractivity contribution in [1.29, 1.82) is 0 Å². The molecule has 0 saturated heterocycles. The zero-order valence-electron chi connectivity index (χ0n) is 12.4. The predicted molar refractivity (Wildman–Crippen MR) is 79.0 cm³/mol. The van der Waals surface area contributed by atoms with E-state index >= 15 is 0 Å². The summed E-state index contributed by atoms with van der Waals surface area (Å²) >= 11 is 1.27. The molecule has 1 aromatic heterocycles. The van der Waals surface area contributed by atoms with Crippen molar-refractivity contribution in [1.82, 2.24) is 14.8 Å². The summed E-state index contributed by atoms with van der Waals surface area (Å²) < 4.78 is 2.15. The summed E-state index contributed by atoms with van der Waals surface area (Å²) in [4.78, 5) is 10.8. The highest BCUT2D eigenvalue weighted by Gasteiger charge is 2.37. The molecule has 2 rings (SSSR count). The summed E-state index contributed by atoms with van der Waals surface area (Å²) in [7, 11) is 0. The van der Waals surface area contributed by atoms with E-state index in [4.69, 9.17) is 5.11 Å². The standard InChI is InChI=1S/C14H23N3O2S/c1-4-14(6-5-7-14)9-17-12(10(2)3)15-16-13(17)20-8-11(18)19/h10H,4-9H2,1-3H3,(H,18,19). The molecule has 1 aromatic rings. The highest BCUT2D eigenvalue weighted by Crippen LogP contribution is 2.46. The normalized spacial score (nSPS) is 17.2. The molecule has 1 heterocycles. The van der Waals surface area contributed by atoms with Crippen LogP contribution >= 0.6 is 11.8 Å². The first-order valence-corrected chi connectivity index (χ1v) is 8.24. The highest BCUT2D eigenvalue weighted by molar-refractivity contribution is 7.99. The van der Waals surface area contributed by atoms with Crippen LogP contribution < -0.4 is 0 Å². The van der Waals surface area contributed by atoms with Gasteiger partial charge < -0.3 is 9.67 Å². The number of hydrogen-bond donors (Lipinski definition) is 1. The summed E-state index contributed by atoms with van der Waals surface area (Å²) in [6.45, 7) is 7.37. The molecule has 0 atom stereocenters. The molecular weight excluding hydrogens is 274 g/mol. The second kappa shape index (κ2) is 6.16. The monoisotopic (exact) mass is 297 g/mol. The number of hydrogen-bond acceptors (Lipinski definition) is 4. The van der Waals surface area contributed by atoms with Crippen molar-refractivity contribution in [3.8, 4) is 0 Å². The summed E-state index contributed by atoms with van der Waals surface area (Å²) in [5.41, 5.74) is 0.366. The van der Waals surface area contributed by atoms with Gasteiger partial charge in [0.05, 0.1) is 5.75 Å². The van der Waals surface area contributed by atoms with Gasteiger partial charge in [-0.1, -0.05) is 39.0 Å². The zero-order valence-corrected chi connectivity index (χ0v) is 13.2. The number of nitrogens with zero attached hydrogens (tertiary/aromatic N) is 3. The van der Waals surface area contributed by atoms with Gasteiger partial charge in [0.1, 0.15) is 5.82 Å². The Kier molecular flexibility index (Phi) is 4.73. The van der Waals surface area contributed by atoms with Crippen molar-refractivity contribution in [2.24, 2.45) is 5.41 Å². The average molecular weight is 297 g/mol. The molecule has 0 radical (unpaired) electrons. The molecule has 1 fully saturated rings. The second-order valence-electron chi connectivity index (χ2n) is 5.97. The number of thioether (sulfide) groups is 1. The molecule has 0 amide bonds. The number of carboxylic acid groups (broad SMARTS) is 1. The largest absolute Gasteiger partial charge is 0.481 e. The summed E-state index contributed by atoms with van der Waals surface area (Å²) in [5, 5.41) is 18.1. The molecule has 6 heteroatoms. The first-order chi connectivity index (χ1) is 9.47.